The highest BCUT2D eigenvalue weighted by molar-refractivity contribution is 7.90. The van der Waals surface area contributed by atoms with Gasteiger partial charge in [0, 0.05) is 28.2 Å². The molecule has 0 aromatic carbocycles. The number of hydrogen-bond acceptors (Lipinski definition) is 6. The van der Waals surface area contributed by atoms with Gasteiger partial charge in [-0.25, -0.2) is 4.98 Å². The topological polar surface area (TPSA) is 72.0 Å². The van der Waals surface area contributed by atoms with E-state index in [4.69, 9.17) is 4.98 Å². The largest absolute Gasteiger partial charge is 0.598 e. The molecule has 1 unspecified atom stereocenters. The number of nitrogens with one attached hydrogen (secondary N) is 3. The molecule has 3 rings (SSSR count). The number of rotatable bonds is 4. The minimum absolute atomic E-state index is 0.113. The maximum absolute atomic E-state index is 12.7. The van der Waals surface area contributed by atoms with Crippen molar-refractivity contribution in [2.24, 2.45) is 5.41 Å². The van der Waals surface area contributed by atoms with Crippen LogP contribution in [0.1, 0.15) is 55.2 Å². The summed E-state index contributed by atoms with van der Waals surface area (Å²) in [6.07, 6.45) is 3.32. The molecule has 7 heteroatoms. The van der Waals surface area contributed by atoms with Crippen LogP contribution in [0.4, 0.5) is 0 Å². The molecule has 1 spiro atoms. The minimum atomic E-state index is -1.08. The normalized spacial score (nSPS) is 24.8. The maximum Gasteiger partial charge on any atom is 0.136 e. The molecule has 1 fully saturated rings. The summed E-state index contributed by atoms with van der Waals surface area (Å²) >= 11 is 0.742. The van der Waals surface area contributed by atoms with Crippen LogP contribution in [-0.4, -0.2) is 34.4 Å². The predicted molar refractivity (Wildman–Crippen MR) is 96.9 cm³/mol. The fourth-order valence-electron chi connectivity index (χ4n) is 3.56. The molecule has 0 saturated carbocycles. The molecular weight excluding hydrogens is 328 g/mol. The third-order valence-electron chi connectivity index (χ3n) is 4.88. The van der Waals surface area contributed by atoms with E-state index < -0.39 is 11.4 Å². The van der Waals surface area contributed by atoms with Crippen LogP contribution in [0.15, 0.2) is 0 Å². The Morgan fingerprint density at radius 1 is 1.39 bits per heavy atom. The standard InChI is InChI=1S/C16H28N4OS2/c1-15(2,3)23(21)20-14-13-11(22-12(19-13)10-17-4)9-16(14)5-7-18-8-6-16/h14,17-18,20H,5-10H2,1-4H3/t14-,23?/m1/s1. The second-order valence-electron chi connectivity index (χ2n) is 7.67. The Bertz CT molecular complexity index is 549. The third kappa shape index (κ3) is 3.45. The first-order chi connectivity index (χ1) is 10.9. The third-order valence-corrected chi connectivity index (χ3v) is 7.51. The fourth-order valence-corrected chi connectivity index (χ4v) is 5.76. The number of aromatic nitrogens is 1. The summed E-state index contributed by atoms with van der Waals surface area (Å²) < 4.78 is 15.9. The van der Waals surface area contributed by atoms with Crippen LogP contribution in [0.2, 0.25) is 0 Å². The van der Waals surface area contributed by atoms with E-state index in [1.165, 1.54) is 4.88 Å². The zero-order valence-electron chi connectivity index (χ0n) is 14.5. The van der Waals surface area contributed by atoms with E-state index >= 15 is 0 Å². The highest BCUT2D eigenvalue weighted by Gasteiger charge is 2.51. The van der Waals surface area contributed by atoms with Gasteiger partial charge < -0.3 is 15.2 Å². The number of hydrogen-bond donors (Lipinski definition) is 3. The van der Waals surface area contributed by atoms with E-state index in [0.29, 0.717) is 0 Å². The maximum atomic E-state index is 12.7. The zero-order chi connectivity index (χ0) is 16.7. The smallest absolute Gasteiger partial charge is 0.136 e. The minimum Gasteiger partial charge on any atom is -0.598 e. The van der Waals surface area contributed by atoms with Gasteiger partial charge in [-0.05, 0) is 60.2 Å². The monoisotopic (exact) mass is 356 g/mol. The molecule has 3 N–H and O–H groups in total. The summed E-state index contributed by atoms with van der Waals surface area (Å²) in [7, 11) is 1.95. The summed E-state index contributed by atoms with van der Waals surface area (Å²) in [6.45, 7) is 8.95. The van der Waals surface area contributed by atoms with Gasteiger partial charge in [0.15, 0.2) is 0 Å². The quantitative estimate of drug-likeness (QED) is 0.719. The van der Waals surface area contributed by atoms with Gasteiger partial charge in [0.25, 0.3) is 0 Å². The van der Waals surface area contributed by atoms with Crippen LogP contribution in [-0.2, 0) is 24.3 Å². The van der Waals surface area contributed by atoms with Crippen molar-refractivity contribution >= 4 is 22.7 Å². The van der Waals surface area contributed by atoms with Crippen LogP contribution in [0.3, 0.4) is 0 Å². The Labute approximate surface area is 146 Å². The first-order valence-corrected chi connectivity index (χ1v) is 10.3. The highest BCUT2D eigenvalue weighted by Crippen LogP contribution is 2.52. The summed E-state index contributed by atoms with van der Waals surface area (Å²) in [6, 6.07) is 0.113. The van der Waals surface area contributed by atoms with Crippen molar-refractivity contribution < 1.29 is 4.55 Å². The first-order valence-electron chi connectivity index (χ1n) is 8.37. The molecule has 2 heterocycles. The Balaban J connectivity index is 1.89. The van der Waals surface area contributed by atoms with E-state index in [1.807, 2.05) is 39.2 Å². The average Bonchev–Trinajstić information content (AvgIpc) is 2.96. The lowest BCUT2D eigenvalue weighted by Crippen LogP contribution is -2.49. The zero-order valence-corrected chi connectivity index (χ0v) is 16.1. The van der Waals surface area contributed by atoms with Crippen molar-refractivity contribution in [1.29, 1.82) is 0 Å². The van der Waals surface area contributed by atoms with E-state index in [-0.39, 0.29) is 16.2 Å². The van der Waals surface area contributed by atoms with Gasteiger partial charge in [0.05, 0.1) is 5.69 Å². The molecule has 0 bridgehead atoms. The van der Waals surface area contributed by atoms with Crippen molar-refractivity contribution in [2.75, 3.05) is 20.1 Å². The highest BCUT2D eigenvalue weighted by atomic mass is 32.2. The molecule has 1 aliphatic carbocycles. The lowest BCUT2D eigenvalue weighted by Gasteiger charge is -2.40. The lowest BCUT2D eigenvalue weighted by atomic mass is 9.74. The van der Waals surface area contributed by atoms with Gasteiger partial charge in [-0.1, -0.05) is 0 Å². The Kier molecular flexibility index (Phi) is 5.07. The van der Waals surface area contributed by atoms with Crippen molar-refractivity contribution in [1.82, 2.24) is 20.3 Å². The molecule has 1 aliphatic heterocycles. The van der Waals surface area contributed by atoms with Gasteiger partial charge in [0.2, 0.25) is 0 Å². The van der Waals surface area contributed by atoms with Crippen LogP contribution in [0.25, 0.3) is 0 Å². The molecule has 0 amide bonds. The molecular formula is C16H28N4OS2. The second kappa shape index (κ2) is 6.61. The van der Waals surface area contributed by atoms with Crippen LogP contribution >= 0.6 is 11.3 Å². The van der Waals surface area contributed by atoms with Crippen molar-refractivity contribution in [3.8, 4) is 0 Å². The van der Waals surface area contributed by atoms with Crippen molar-refractivity contribution in [3.05, 3.63) is 15.6 Å². The molecule has 1 aromatic heterocycles. The number of piperidine rings is 1. The molecule has 5 nitrogen and oxygen atoms in total. The SMILES string of the molecule is CNCc1nc2c(s1)CC1(CCNCC1)[C@@H]2N[S+]([O-])C(C)(C)C. The summed E-state index contributed by atoms with van der Waals surface area (Å²) in [5, 5.41) is 7.78. The number of nitrogens with zero attached hydrogens (tertiary/aromatic N) is 1. The summed E-state index contributed by atoms with van der Waals surface area (Å²) in [5.74, 6) is 0. The van der Waals surface area contributed by atoms with Gasteiger partial charge in [-0.3, -0.25) is 0 Å². The van der Waals surface area contributed by atoms with Crippen molar-refractivity contribution in [2.45, 2.75) is 57.4 Å². The molecule has 1 aromatic rings. The van der Waals surface area contributed by atoms with E-state index in [9.17, 15) is 4.55 Å². The number of fused-ring (bicyclic) bond motifs is 1. The van der Waals surface area contributed by atoms with E-state index in [2.05, 4.69) is 15.4 Å². The molecule has 1 saturated heterocycles. The van der Waals surface area contributed by atoms with Crippen LogP contribution in [0.5, 0.6) is 0 Å². The molecule has 2 atom stereocenters. The van der Waals surface area contributed by atoms with Crippen molar-refractivity contribution in [3.63, 3.8) is 0 Å². The number of thiazole rings is 1. The van der Waals surface area contributed by atoms with Crippen LogP contribution < -0.4 is 15.4 Å². The molecule has 2 aliphatic rings. The fraction of sp³-hybridized carbons (Fsp3) is 0.812. The Morgan fingerprint density at radius 2 is 2.09 bits per heavy atom. The van der Waals surface area contributed by atoms with E-state index in [0.717, 1.165) is 49.6 Å². The van der Waals surface area contributed by atoms with E-state index in [1.54, 1.807) is 0 Å². The summed E-state index contributed by atoms with van der Waals surface area (Å²) in [5.41, 5.74) is 1.33. The average molecular weight is 357 g/mol. The first kappa shape index (κ1) is 17.6. The van der Waals surface area contributed by atoms with Gasteiger partial charge in [-0.15, -0.1) is 16.1 Å². The summed E-state index contributed by atoms with van der Waals surface area (Å²) in [4.78, 5) is 6.27. The second-order valence-corrected chi connectivity index (χ2v) is 10.8. The Hall–Kier alpha value is -0.180. The van der Waals surface area contributed by atoms with Crippen LogP contribution in [0, 0.1) is 5.41 Å². The molecule has 23 heavy (non-hydrogen) atoms. The lowest BCUT2D eigenvalue weighted by molar-refractivity contribution is 0.162. The van der Waals surface area contributed by atoms with Gasteiger partial charge >= 0.3 is 0 Å². The molecule has 0 radical (unpaired) electrons. The molecule has 130 valence electrons. The predicted octanol–water partition coefficient (Wildman–Crippen LogP) is 1.88. The Morgan fingerprint density at radius 3 is 2.70 bits per heavy atom. The van der Waals surface area contributed by atoms with Gasteiger partial charge in [-0.2, -0.15) is 0 Å². The van der Waals surface area contributed by atoms with Gasteiger partial charge in [0.1, 0.15) is 15.8 Å².